The first-order valence-electron chi connectivity index (χ1n) is 9.36. The molecule has 9 nitrogen and oxygen atoms in total. The number of phenolic OH excluding ortho intramolecular Hbond substituents is 1. The van der Waals surface area contributed by atoms with Gasteiger partial charge in [-0.3, -0.25) is 10.1 Å². The quantitative estimate of drug-likeness (QED) is 0.482. The molecule has 1 aliphatic rings. The van der Waals surface area contributed by atoms with Crippen molar-refractivity contribution in [2.75, 3.05) is 30.4 Å². The Bertz CT molecular complexity index is 1070. The van der Waals surface area contributed by atoms with Crippen LogP contribution in [0.5, 0.6) is 11.5 Å². The molecular weight excluding hydrogens is 374 g/mol. The first kappa shape index (κ1) is 18.7. The normalized spacial score (nSPS) is 13.6. The lowest BCUT2D eigenvalue weighted by Gasteiger charge is -2.20. The summed E-state index contributed by atoms with van der Waals surface area (Å²) in [5.74, 6) is 0.978. The fraction of sp³-hybridized carbons (Fsp3) is 0.300. The maximum Gasteiger partial charge on any atom is 0.315 e. The van der Waals surface area contributed by atoms with Crippen LogP contribution in [0.25, 0.3) is 11.0 Å². The summed E-state index contributed by atoms with van der Waals surface area (Å²) >= 11 is 0. The Balaban J connectivity index is 1.68. The highest BCUT2D eigenvalue weighted by atomic mass is 16.6. The first-order chi connectivity index (χ1) is 14.1. The highest BCUT2D eigenvalue weighted by molar-refractivity contribution is 5.80. The zero-order chi connectivity index (χ0) is 20.4. The topological polar surface area (TPSA) is 114 Å². The molecule has 2 N–H and O–H groups in total. The summed E-state index contributed by atoms with van der Waals surface area (Å²) in [5, 5.41) is 24.5. The Kier molecular flexibility index (Phi) is 5.03. The summed E-state index contributed by atoms with van der Waals surface area (Å²) in [4.78, 5) is 22.3. The molecule has 29 heavy (non-hydrogen) atoms. The van der Waals surface area contributed by atoms with Crippen molar-refractivity contribution >= 4 is 28.4 Å². The SMILES string of the molecule is COc1cc(CNc2nc3ccccc3nc2N2CCCC2)cc([N+](=O)[O-])c1O. The summed E-state index contributed by atoms with van der Waals surface area (Å²) in [6, 6.07) is 10.6. The number of nitrogens with one attached hydrogen (secondary N) is 1. The summed E-state index contributed by atoms with van der Waals surface area (Å²) in [5.41, 5.74) is 1.79. The molecule has 1 fully saturated rings. The van der Waals surface area contributed by atoms with Crippen LogP contribution in [0.3, 0.4) is 0 Å². The van der Waals surface area contributed by atoms with Gasteiger partial charge in [0.15, 0.2) is 17.4 Å². The van der Waals surface area contributed by atoms with E-state index >= 15 is 0 Å². The number of nitrogens with zero attached hydrogens (tertiary/aromatic N) is 4. The van der Waals surface area contributed by atoms with Crippen LogP contribution in [0.1, 0.15) is 18.4 Å². The Morgan fingerprint density at radius 3 is 2.55 bits per heavy atom. The highest BCUT2D eigenvalue weighted by Gasteiger charge is 2.22. The van der Waals surface area contributed by atoms with E-state index in [4.69, 9.17) is 14.7 Å². The molecule has 0 amide bonds. The van der Waals surface area contributed by atoms with E-state index < -0.39 is 16.4 Å². The zero-order valence-electron chi connectivity index (χ0n) is 16.0. The van der Waals surface area contributed by atoms with E-state index in [2.05, 4.69) is 10.2 Å². The zero-order valence-corrected chi connectivity index (χ0v) is 16.0. The number of hydrogen-bond acceptors (Lipinski definition) is 8. The second-order valence-corrected chi connectivity index (χ2v) is 6.86. The van der Waals surface area contributed by atoms with Crippen LogP contribution < -0.4 is 15.0 Å². The summed E-state index contributed by atoms with van der Waals surface area (Å²) in [7, 11) is 1.36. The van der Waals surface area contributed by atoms with Crippen molar-refractivity contribution < 1.29 is 14.8 Å². The van der Waals surface area contributed by atoms with Crippen LogP contribution in [-0.4, -0.2) is 40.2 Å². The van der Waals surface area contributed by atoms with Gasteiger partial charge in [0.1, 0.15) is 0 Å². The number of fused-ring (bicyclic) bond motifs is 1. The molecule has 0 bridgehead atoms. The lowest BCUT2D eigenvalue weighted by molar-refractivity contribution is -0.386. The lowest BCUT2D eigenvalue weighted by atomic mass is 10.1. The van der Waals surface area contributed by atoms with E-state index in [1.54, 1.807) is 6.07 Å². The third-order valence-corrected chi connectivity index (χ3v) is 4.95. The van der Waals surface area contributed by atoms with E-state index in [0.29, 0.717) is 11.4 Å². The molecule has 3 aromatic rings. The number of nitro groups is 1. The predicted octanol–water partition coefficient (Wildman–Crippen LogP) is 3.46. The predicted molar refractivity (Wildman–Crippen MR) is 110 cm³/mol. The number of nitro benzene ring substituents is 1. The number of aromatic nitrogens is 2. The van der Waals surface area contributed by atoms with Crippen LogP contribution in [0.2, 0.25) is 0 Å². The first-order valence-corrected chi connectivity index (χ1v) is 9.36. The monoisotopic (exact) mass is 395 g/mol. The smallest absolute Gasteiger partial charge is 0.315 e. The molecule has 0 spiro atoms. The maximum atomic E-state index is 11.2. The van der Waals surface area contributed by atoms with Gasteiger partial charge in [0.2, 0.25) is 5.75 Å². The molecular formula is C20H21N5O4. The van der Waals surface area contributed by atoms with E-state index in [1.165, 1.54) is 13.2 Å². The molecule has 0 atom stereocenters. The summed E-state index contributed by atoms with van der Waals surface area (Å²) in [6.07, 6.45) is 2.21. The summed E-state index contributed by atoms with van der Waals surface area (Å²) < 4.78 is 5.07. The number of benzene rings is 2. The molecule has 2 aromatic carbocycles. The van der Waals surface area contributed by atoms with Crippen LogP contribution >= 0.6 is 0 Å². The average Bonchev–Trinajstić information content (AvgIpc) is 3.26. The standard InChI is InChI=1S/C20H21N5O4/c1-29-17-11-13(10-16(18(17)26)25(27)28)12-21-19-20(24-8-4-5-9-24)23-15-7-3-2-6-14(15)22-19/h2-3,6-7,10-11,26H,4-5,8-9,12H2,1H3,(H,21,22). The molecule has 0 aliphatic carbocycles. The second-order valence-electron chi connectivity index (χ2n) is 6.86. The number of anilines is 2. The van der Waals surface area contributed by atoms with Gasteiger partial charge >= 0.3 is 5.69 Å². The fourth-order valence-corrected chi connectivity index (χ4v) is 3.49. The van der Waals surface area contributed by atoms with Crippen LogP contribution in [0.15, 0.2) is 36.4 Å². The number of para-hydroxylation sites is 2. The van der Waals surface area contributed by atoms with E-state index in [-0.39, 0.29) is 12.3 Å². The number of hydrogen-bond donors (Lipinski definition) is 2. The van der Waals surface area contributed by atoms with Crippen molar-refractivity contribution in [2.24, 2.45) is 0 Å². The molecule has 9 heteroatoms. The van der Waals surface area contributed by atoms with Gasteiger partial charge < -0.3 is 20.1 Å². The van der Waals surface area contributed by atoms with Crippen LogP contribution in [0.4, 0.5) is 17.3 Å². The third kappa shape index (κ3) is 3.71. The highest BCUT2D eigenvalue weighted by Crippen LogP contribution is 2.37. The number of aromatic hydroxyl groups is 1. The molecule has 1 aliphatic heterocycles. The number of phenols is 1. The van der Waals surface area contributed by atoms with Gasteiger partial charge in [0.25, 0.3) is 0 Å². The van der Waals surface area contributed by atoms with E-state index in [9.17, 15) is 15.2 Å². The van der Waals surface area contributed by atoms with Gasteiger partial charge in [0.05, 0.1) is 23.1 Å². The van der Waals surface area contributed by atoms with Crippen molar-refractivity contribution in [3.8, 4) is 11.5 Å². The third-order valence-electron chi connectivity index (χ3n) is 4.95. The molecule has 150 valence electrons. The fourth-order valence-electron chi connectivity index (χ4n) is 3.49. The molecule has 1 saturated heterocycles. The van der Waals surface area contributed by atoms with Gasteiger partial charge in [-0.25, -0.2) is 9.97 Å². The average molecular weight is 395 g/mol. The van der Waals surface area contributed by atoms with Gasteiger partial charge in [0, 0.05) is 25.7 Å². The van der Waals surface area contributed by atoms with Crippen molar-refractivity contribution in [2.45, 2.75) is 19.4 Å². The maximum absolute atomic E-state index is 11.2. The van der Waals surface area contributed by atoms with Crippen molar-refractivity contribution in [1.29, 1.82) is 0 Å². The van der Waals surface area contributed by atoms with E-state index in [1.807, 2.05) is 24.3 Å². The molecule has 0 saturated carbocycles. The molecule has 0 radical (unpaired) electrons. The molecule has 4 rings (SSSR count). The van der Waals surface area contributed by atoms with Crippen molar-refractivity contribution in [1.82, 2.24) is 9.97 Å². The second kappa shape index (κ2) is 7.78. The van der Waals surface area contributed by atoms with Gasteiger partial charge in [-0.05, 0) is 36.6 Å². The van der Waals surface area contributed by atoms with Gasteiger partial charge in [-0.2, -0.15) is 0 Å². The molecule has 1 aromatic heterocycles. The minimum absolute atomic E-state index is 0.0559. The lowest BCUT2D eigenvalue weighted by Crippen LogP contribution is -2.21. The molecule has 2 heterocycles. The Morgan fingerprint density at radius 1 is 1.21 bits per heavy atom. The largest absolute Gasteiger partial charge is 0.500 e. The minimum atomic E-state index is -0.632. The van der Waals surface area contributed by atoms with Crippen LogP contribution in [0, 0.1) is 10.1 Å². The Morgan fingerprint density at radius 2 is 1.90 bits per heavy atom. The van der Waals surface area contributed by atoms with Crippen LogP contribution in [-0.2, 0) is 6.54 Å². The van der Waals surface area contributed by atoms with Gasteiger partial charge in [-0.1, -0.05) is 12.1 Å². The Hall–Kier alpha value is -3.62. The van der Waals surface area contributed by atoms with Crippen molar-refractivity contribution in [3.63, 3.8) is 0 Å². The molecule has 0 unspecified atom stereocenters. The number of rotatable bonds is 6. The van der Waals surface area contributed by atoms with E-state index in [0.717, 1.165) is 42.8 Å². The summed E-state index contributed by atoms with van der Waals surface area (Å²) in [6.45, 7) is 2.10. The minimum Gasteiger partial charge on any atom is -0.500 e. The van der Waals surface area contributed by atoms with Crippen molar-refractivity contribution in [3.05, 3.63) is 52.1 Å². The van der Waals surface area contributed by atoms with Gasteiger partial charge in [-0.15, -0.1) is 0 Å². The number of methoxy groups -OCH3 is 1. The Labute approximate surface area is 167 Å². The number of ether oxygens (including phenoxy) is 1.